The molecule has 3 fully saturated rings. The van der Waals surface area contributed by atoms with E-state index in [0.29, 0.717) is 11.7 Å². The second kappa shape index (κ2) is 8.07. The highest BCUT2D eigenvalue weighted by Crippen LogP contribution is 2.50. The number of carbonyl (C=O) groups is 1. The van der Waals surface area contributed by atoms with Crippen LogP contribution in [0.5, 0.6) is 5.75 Å². The number of hydrogen-bond donors (Lipinski definition) is 2. The second-order valence-corrected chi connectivity index (χ2v) is 9.67. The molecular formula is C26H32N2O2. The number of piperidine rings is 1. The van der Waals surface area contributed by atoms with Crippen LogP contribution in [-0.2, 0) is 5.41 Å². The van der Waals surface area contributed by atoms with Crippen molar-refractivity contribution in [2.75, 3.05) is 19.6 Å². The molecule has 0 bridgehead atoms. The van der Waals surface area contributed by atoms with Crippen LogP contribution in [0.1, 0.15) is 54.4 Å². The van der Waals surface area contributed by atoms with E-state index in [2.05, 4.69) is 16.3 Å². The molecule has 1 amide bonds. The summed E-state index contributed by atoms with van der Waals surface area (Å²) in [4.78, 5) is 15.5. The molecule has 2 unspecified atom stereocenters. The van der Waals surface area contributed by atoms with Crippen molar-refractivity contribution in [2.45, 2.75) is 50.0 Å². The van der Waals surface area contributed by atoms with E-state index in [1.807, 2.05) is 42.5 Å². The van der Waals surface area contributed by atoms with Gasteiger partial charge in [0.25, 0.3) is 5.91 Å². The fraction of sp³-hybridized carbons (Fsp3) is 0.500. The Labute approximate surface area is 179 Å². The van der Waals surface area contributed by atoms with Crippen LogP contribution in [-0.4, -0.2) is 41.6 Å². The fourth-order valence-electron chi connectivity index (χ4n) is 5.85. The SMILES string of the molecule is O=C(N[C@@H]1CCC2CN(CC3CC3)CCC2(c2cccc(O)c2)C1)c1ccccc1. The zero-order chi connectivity index (χ0) is 20.6. The predicted molar refractivity (Wildman–Crippen MR) is 119 cm³/mol. The Balaban J connectivity index is 1.37. The molecule has 1 aliphatic heterocycles. The normalized spacial score (nSPS) is 29.2. The number of amides is 1. The highest BCUT2D eigenvalue weighted by atomic mass is 16.3. The van der Waals surface area contributed by atoms with Gasteiger partial charge in [0.1, 0.15) is 5.75 Å². The Kier molecular flexibility index (Phi) is 5.28. The largest absolute Gasteiger partial charge is 0.508 e. The molecule has 2 saturated carbocycles. The van der Waals surface area contributed by atoms with Crippen LogP contribution in [0.3, 0.4) is 0 Å². The van der Waals surface area contributed by atoms with Crippen molar-refractivity contribution in [2.24, 2.45) is 11.8 Å². The van der Waals surface area contributed by atoms with Gasteiger partial charge in [0.05, 0.1) is 0 Å². The molecule has 0 radical (unpaired) electrons. The summed E-state index contributed by atoms with van der Waals surface area (Å²) in [5.41, 5.74) is 2.01. The van der Waals surface area contributed by atoms with Crippen molar-refractivity contribution in [3.63, 3.8) is 0 Å². The number of nitrogens with one attached hydrogen (secondary N) is 1. The third-order valence-corrected chi connectivity index (χ3v) is 7.61. The van der Waals surface area contributed by atoms with E-state index in [0.717, 1.165) is 50.3 Å². The van der Waals surface area contributed by atoms with Gasteiger partial charge in [0, 0.05) is 30.1 Å². The molecule has 2 N–H and O–H groups in total. The lowest BCUT2D eigenvalue weighted by Crippen LogP contribution is -2.56. The molecule has 5 rings (SSSR count). The van der Waals surface area contributed by atoms with E-state index in [9.17, 15) is 9.90 Å². The number of benzene rings is 2. The summed E-state index contributed by atoms with van der Waals surface area (Å²) in [6, 6.07) is 17.6. The van der Waals surface area contributed by atoms with Crippen LogP contribution < -0.4 is 5.32 Å². The summed E-state index contributed by atoms with van der Waals surface area (Å²) in [5, 5.41) is 13.5. The number of carbonyl (C=O) groups excluding carboxylic acids is 1. The first-order chi connectivity index (χ1) is 14.6. The molecule has 0 aromatic heterocycles. The second-order valence-electron chi connectivity index (χ2n) is 9.67. The van der Waals surface area contributed by atoms with Crippen molar-refractivity contribution in [1.29, 1.82) is 0 Å². The number of rotatable bonds is 5. The summed E-state index contributed by atoms with van der Waals surface area (Å²) < 4.78 is 0. The fourth-order valence-corrected chi connectivity index (χ4v) is 5.85. The average molecular weight is 405 g/mol. The Morgan fingerprint density at radius 3 is 2.67 bits per heavy atom. The molecule has 2 aliphatic carbocycles. The third-order valence-electron chi connectivity index (χ3n) is 7.61. The summed E-state index contributed by atoms with van der Waals surface area (Å²) in [6.07, 6.45) is 7.00. The molecule has 3 aliphatic rings. The maximum absolute atomic E-state index is 12.8. The van der Waals surface area contributed by atoms with Crippen LogP contribution >= 0.6 is 0 Å². The minimum atomic E-state index is 0.0243. The molecule has 158 valence electrons. The van der Waals surface area contributed by atoms with Crippen LogP contribution in [0.2, 0.25) is 0 Å². The van der Waals surface area contributed by atoms with Crippen molar-refractivity contribution in [3.8, 4) is 5.75 Å². The van der Waals surface area contributed by atoms with E-state index in [1.54, 1.807) is 6.07 Å². The smallest absolute Gasteiger partial charge is 0.251 e. The highest BCUT2D eigenvalue weighted by molar-refractivity contribution is 5.94. The van der Waals surface area contributed by atoms with Gasteiger partial charge in [-0.05, 0) is 86.7 Å². The first-order valence-corrected chi connectivity index (χ1v) is 11.5. The van der Waals surface area contributed by atoms with Crippen molar-refractivity contribution in [3.05, 3.63) is 65.7 Å². The molecule has 1 heterocycles. The van der Waals surface area contributed by atoms with Crippen LogP contribution in [0.25, 0.3) is 0 Å². The molecule has 30 heavy (non-hydrogen) atoms. The summed E-state index contributed by atoms with van der Waals surface area (Å²) in [7, 11) is 0. The maximum atomic E-state index is 12.8. The number of phenolic OH excluding ortho intramolecular Hbond substituents is 1. The van der Waals surface area contributed by atoms with Gasteiger partial charge in [-0.25, -0.2) is 0 Å². The number of likely N-dealkylation sites (tertiary alicyclic amines) is 1. The van der Waals surface area contributed by atoms with Gasteiger partial charge in [0.2, 0.25) is 0 Å². The van der Waals surface area contributed by atoms with E-state index < -0.39 is 0 Å². The van der Waals surface area contributed by atoms with Gasteiger partial charge in [-0.2, -0.15) is 0 Å². The molecule has 3 atom stereocenters. The van der Waals surface area contributed by atoms with Crippen LogP contribution in [0, 0.1) is 11.8 Å². The zero-order valence-electron chi connectivity index (χ0n) is 17.6. The molecular weight excluding hydrogens is 372 g/mol. The summed E-state index contributed by atoms with van der Waals surface area (Å²) >= 11 is 0. The quantitative estimate of drug-likeness (QED) is 0.779. The Hall–Kier alpha value is -2.33. The average Bonchev–Trinajstić information content (AvgIpc) is 3.58. The maximum Gasteiger partial charge on any atom is 0.251 e. The standard InChI is InChI=1S/C26H32N2O2/c29-24-8-4-7-21(15-24)26-13-14-28(17-19-9-10-19)18-22(26)11-12-23(16-26)27-25(30)20-5-2-1-3-6-20/h1-8,15,19,22-23,29H,9-14,16-18H2,(H,27,30)/t22?,23-,26?/m1/s1. The van der Waals surface area contributed by atoms with Gasteiger partial charge in [-0.15, -0.1) is 0 Å². The monoisotopic (exact) mass is 404 g/mol. The number of nitrogens with zero attached hydrogens (tertiary/aromatic N) is 1. The minimum absolute atomic E-state index is 0.0243. The Bertz CT molecular complexity index is 895. The zero-order valence-corrected chi connectivity index (χ0v) is 17.6. The third kappa shape index (κ3) is 3.98. The van der Waals surface area contributed by atoms with E-state index in [1.165, 1.54) is 24.9 Å². The van der Waals surface area contributed by atoms with E-state index in [4.69, 9.17) is 0 Å². The molecule has 0 spiro atoms. The number of aromatic hydroxyl groups is 1. The Morgan fingerprint density at radius 1 is 1.07 bits per heavy atom. The van der Waals surface area contributed by atoms with E-state index in [-0.39, 0.29) is 17.4 Å². The van der Waals surface area contributed by atoms with Gasteiger partial charge < -0.3 is 15.3 Å². The Morgan fingerprint density at radius 2 is 1.90 bits per heavy atom. The first-order valence-electron chi connectivity index (χ1n) is 11.5. The predicted octanol–water partition coefficient (Wildman–Crippen LogP) is 4.34. The van der Waals surface area contributed by atoms with E-state index >= 15 is 0 Å². The van der Waals surface area contributed by atoms with Gasteiger partial charge in [0.15, 0.2) is 0 Å². The lowest BCUT2D eigenvalue weighted by molar-refractivity contribution is 0.0403. The van der Waals surface area contributed by atoms with Gasteiger partial charge >= 0.3 is 0 Å². The van der Waals surface area contributed by atoms with Gasteiger partial charge in [-0.3, -0.25) is 4.79 Å². The summed E-state index contributed by atoms with van der Waals surface area (Å²) in [6.45, 7) is 3.51. The number of hydrogen-bond acceptors (Lipinski definition) is 3. The molecule has 1 saturated heterocycles. The molecule has 2 aromatic carbocycles. The number of fused-ring (bicyclic) bond motifs is 1. The summed E-state index contributed by atoms with van der Waals surface area (Å²) in [5.74, 6) is 1.87. The van der Waals surface area contributed by atoms with Crippen molar-refractivity contribution < 1.29 is 9.90 Å². The molecule has 4 nitrogen and oxygen atoms in total. The lowest BCUT2D eigenvalue weighted by atomic mass is 9.58. The lowest BCUT2D eigenvalue weighted by Gasteiger charge is -2.53. The minimum Gasteiger partial charge on any atom is -0.508 e. The first kappa shape index (κ1) is 19.6. The van der Waals surface area contributed by atoms with Crippen LogP contribution in [0.15, 0.2) is 54.6 Å². The van der Waals surface area contributed by atoms with Crippen LogP contribution in [0.4, 0.5) is 0 Å². The van der Waals surface area contributed by atoms with Gasteiger partial charge in [-0.1, -0.05) is 30.3 Å². The molecule has 2 aromatic rings. The molecule has 4 heteroatoms. The van der Waals surface area contributed by atoms with Crippen molar-refractivity contribution in [1.82, 2.24) is 10.2 Å². The highest BCUT2D eigenvalue weighted by Gasteiger charge is 2.48. The van der Waals surface area contributed by atoms with Crippen molar-refractivity contribution >= 4 is 5.91 Å². The number of phenols is 1. The topological polar surface area (TPSA) is 52.6 Å².